The molecule has 2 N–H and O–H groups in total. The Hall–Kier alpha value is -3.04. The normalized spacial score (nSPS) is 20.9. The molecule has 2 aliphatic heterocycles. The van der Waals surface area contributed by atoms with Crippen molar-refractivity contribution in [2.75, 3.05) is 13.1 Å². The molecule has 180 valence electrons. The predicted molar refractivity (Wildman–Crippen MR) is 130 cm³/mol. The van der Waals surface area contributed by atoms with Crippen LogP contribution in [0.2, 0.25) is 0 Å². The molecule has 1 saturated heterocycles. The van der Waals surface area contributed by atoms with Crippen molar-refractivity contribution in [3.63, 3.8) is 0 Å². The largest absolute Gasteiger partial charge is 0.391 e. The molecule has 2 aromatic rings. The van der Waals surface area contributed by atoms with Crippen molar-refractivity contribution in [3.8, 4) is 10.4 Å². The van der Waals surface area contributed by atoms with Gasteiger partial charge in [-0.3, -0.25) is 14.4 Å². The van der Waals surface area contributed by atoms with Crippen molar-refractivity contribution in [3.05, 3.63) is 53.2 Å². The quantitative estimate of drug-likeness (QED) is 0.629. The van der Waals surface area contributed by atoms with E-state index in [4.69, 9.17) is 0 Å². The second-order valence-corrected chi connectivity index (χ2v) is 10.0. The summed E-state index contributed by atoms with van der Waals surface area (Å²) in [7, 11) is 0. The van der Waals surface area contributed by atoms with Gasteiger partial charge in [0.05, 0.1) is 22.2 Å². The van der Waals surface area contributed by atoms with Crippen molar-refractivity contribution >= 4 is 29.1 Å². The average molecular weight is 483 g/mol. The van der Waals surface area contributed by atoms with Crippen molar-refractivity contribution in [1.29, 1.82) is 0 Å². The number of hydrogen-bond acceptors (Lipinski definition) is 6. The van der Waals surface area contributed by atoms with E-state index in [0.29, 0.717) is 13.1 Å². The molecule has 0 unspecified atom stereocenters. The average Bonchev–Trinajstić information content (AvgIpc) is 3.53. The number of aryl methyl sites for hydroxylation is 1. The summed E-state index contributed by atoms with van der Waals surface area (Å²) in [6.45, 7) is 6.51. The number of aromatic nitrogens is 1. The number of amides is 3. The zero-order valence-electron chi connectivity index (χ0n) is 19.6. The van der Waals surface area contributed by atoms with E-state index in [1.165, 1.54) is 15.9 Å². The Bertz CT molecular complexity index is 1090. The first-order valence-electron chi connectivity index (χ1n) is 11.5. The number of aliphatic hydroxyl groups is 1. The number of nitrogens with zero attached hydrogens (tertiary/aromatic N) is 3. The number of benzene rings is 1. The van der Waals surface area contributed by atoms with Crippen LogP contribution in [0.1, 0.15) is 31.5 Å². The maximum atomic E-state index is 13.4. The highest BCUT2D eigenvalue weighted by atomic mass is 32.1. The van der Waals surface area contributed by atoms with Crippen LogP contribution in [0, 0.1) is 12.8 Å². The summed E-state index contributed by atoms with van der Waals surface area (Å²) in [5.74, 6) is -0.933. The van der Waals surface area contributed by atoms with Crippen LogP contribution in [0.4, 0.5) is 0 Å². The van der Waals surface area contributed by atoms with E-state index in [2.05, 4.69) is 10.3 Å². The summed E-state index contributed by atoms with van der Waals surface area (Å²) in [6, 6.07) is 6.49. The molecule has 34 heavy (non-hydrogen) atoms. The van der Waals surface area contributed by atoms with Crippen LogP contribution in [-0.2, 0) is 20.9 Å². The van der Waals surface area contributed by atoms with Crippen LogP contribution in [-0.4, -0.2) is 68.9 Å². The lowest BCUT2D eigenvalue weighted by molar-refractivity contribution is -0.147. The Morgan fingerprint density at radius 3 is 2.59 bits per heavy atom. The molecule has 3 atom stereocenters. The minimum absolute atomic E-state index is 0.0818. The first kappa shape index (κ1) is 24.1. The highest BCUT2D eigenvalue weighted by Crippen LogP contribution is 2.27. The number of rotatable bonds is 7. The van der Waals surface area contributed by atoms with Gasteiger partial charge in [-0.15, -0.1) is 11.3 Å². The van der Waals surface area contributed by atoms with Gasteiger partial charge in [0.25, 0.3) is 0 Å². The smallest absolute Gasteiger partial charge is 0.247 e. The molecule has 3 heterocycles. The molecule has 9 heteroatoms. The molecule has 0 saturated carbocycles. The van der Waals surface area contributed by atoms with Crippen LogP contribution in [0.25, 0.3) is 10.4 Å². The van der Waals surface area contributed by atoms with Crippen LogP contribution in [0.15, 0.2) is 41.9 Å². The van der Waals surface area contributed by atoms with Gasteiger partial charge in [0, 0.05) is 32.1 Å². The second-order valence-electron chi connectivity index (χ2n) is 9.16. The van der Waals surface area contributed by atoms with Crippen molar-refractivity contribution in [1.82, 2.24) is 20.1 Å². The third-order valence-corrected chi connectivity index (χ3v) is 7.34. The number of β-amino-alcohol motifs (C(OH)–C–C–N with tert-alkyl or cyclic N) is 1. The van der Waals surface area contributed by atoms with E-state index in [-0.39, 0.29) is 36.6 Å². The molecular weight excluding hydrogens is 452 g/mol. The zero-order chi connectivity index (χ0) is 24.4. The van der Waals surface area contributed by atoms with Gasteiger partial charge in [-0.25, -0.2) is 4.98 Å². The maximum Gasteiger partial charge on any atom is 0.247 e. The third-order valence-electron chi connectivity index (χ3n) is 6.36. The van der Waals surface area contributed by atoms with Crippen molar-refractivity contribution < 1.29 is 19.5 Å². The topological polar surface area (TPSA) is 103 Å². The van der Waals surface area contributed by atoms with Gasteiger partial charge in [-0.1, -0.05) is 44.2 Å². The first-order chi connectivity index (χ1) is 16.3. The number of aliphatic hydroxyl groups excluding tert-OH is 1. The van der Waals surface area contributed by atoms with E-state index in [9.17, 15) is 19.5 Å². The number of carbonyl (C=O) groups excluding carboxylic acids is 3. The standard InChI is InChI=1S/C25H30N4O4S/c1-15(2)22(28-10-4-5-21(28)31)25(33)29-13-19(30)11-20(29)24(32)26-12-17-6-8-18(9-7-17)23-16(3)27-14-34-23/h4-9,14-15,19-20,22,30H,10-13H2,1-3H3,(H,26,32)/t19-,20+,22+/m1/s1. The number of nitrogens with one attached hydrogen (secondary N) is 1. The first-order valence-corrected chi connectivity index (χ1v) is 12.4. The van der Waals surface area contributed by atoms with Crippen LogP contribution >= 0.6 is 11.3 Å². The molecule has 1 fully saturated rings. The Labute approximate surface area is 203 Å². The Morgan fingerprint density at radius 1 is 1.26 bits per heavy atom. The highest BCUT2D eigenvalue weighted by Gasteiger charge is 2.44. The maximum absolute atomic E-state index is 13.4. The van der Waals surface area contributed by atoms with Crippen LogP contribution < -0.4 is 5.32 Å². The van der Waals surface area contributed by atoms with Gasteiger partial charge < -0.3 is 20.2 Å². The summed E-state index contributed by atoms with van der Waals surface area (Å²) in [5, 5.41) is 13.2. The lowest BCUT2D eigenvalue weighted by Gasteiger charge is -2.35. The molecule has 0 aliphatic carbocycles. The van der Waals surface area contributed by atoms with E-state index in [1.807, 2.05) is 50.5 Å². The molecule has 1 aromatic heterocycles. The summed E-state index contributed by atoms with van der Waals surface area (Å²) in [5.41, 5.74) is 4.82. The lowest BCUT2D eigenvalue weighted by Crippen LogP contribution is -2.55. The number of likely N-dealkylation sites (tertiary alicyclic amines) is 1. The van der Waals surface area contributed by atoms with E-state index in [1.54, 1.807) is 17.4 Å². The fourth-order valence-corrected chi connectivity index (χ4v) is 5.43. The lowest BCUT2D eigenvalue weighted by atomic mass is 10.0. The molecule has 0 radical (unpaired) electrons. The fraction of sp³-hybridized carbons (Fsp3) is 0.440. The number of thiazole rings is 1. The molecule has 0 spiro atoms. The highest BCUT2D eigenvalue weighted by molar-refractivity contribution is 7.13. The molecular formula is C25H30N4O4S. The SMILES string of the molecule is Cc1ncsc1-c1ccc(CNC(=O)[C@@H]2C[C@@H](O)CN2C(=O)[C@H](C(C)C)N2CC=CC2=O)cc1. The molecule has 1 aromatic carbocycles. The molecule has 2 aliphatic rings. The van der Waals surface area contributed by atoms with Gasteiger partial charge in [0.15, 0.2) is 0 Å². The minimum Gasteiger partial charge on any atom is -0.391 e. The minimum atomic E-state index is -0.776. The van der Waals surface area contributed by atoms with Gasteiger partial charge in [0.1, 0.15) is 12.1 Å². The van der Waals surface area contributed by atoms with Gasteiger partial charge in [-0.2, -0.15) is 0 Å². The van der Waals surface area contributed by atoms with E-state index >= 15 is 0 Å². The van der Waals surface area contributed by atoms with Crippen LogP contribution in [0.3, 0.4) is 0 Å². The Balaban J connectivity index is 1.42. The third kappa shape index (κ3) is 4.90. The fourth-order valence-electron chi connectivity index (χ4n) is 4.62. The van der Waals surface area contributed by atoms with Crippen molar-refractivity contribution in [2.24, 2.45) is 5.92 Å². The molecule has 3 amide bonds. The Morgan fingerprint density at radius 2 is 2.00 bits per heavy atom. The van der Waals surface area contributed by atoms with Crippen molar-refractivity contribution in [2.45, 2.75) is 51.9 Å². The molecule has 4 rings (SSSR count). The Kier molecular flexibility index (Phi) is 7.13. The summed E-state index contributed by atoms with van der Waals surface area (Å²) in [6.07, 6.45) is 2.60. The summed E-state index contributed by atoms with van der Waals surface area (Å²) in [4.78, 5) is 47.1. The van der Waals surface area contributed by atoms with Gasteiger partial charge >= 0.3 is 0 Å². The van der Waals surface area contributed by atoms with Gasteiger partial charge in [0.2, 0.25) is 17.7 Å². The van der Waals surface area contributed by atoms with E-state index < -0.39 is 18.2 Å². The molecule has 0 bridgehead atoms. The molecule has 8 nitrogen and oxygen atoms in total. The monoisotopic (exact) mass is 482 g/mol. The predicted octanol–water partition coefficient (Wildman–Crippen LogP) is 2.12. The van der Waals surface area contributed by atoms with E-state index in [0.717, 1.165) is 21.7 Å². The van der Waals surface area contributed by atoms with Crippen LogP contribution in [0.5, 0.6) is 0 Å². The number of hydrogen-bond donors (Lipinski definition) is 2. The second kappa shape index (κ2) is 10.1. The van der Waals surface area contributed by atoms with Gasteiger partial charge in [-0.05, 0) is 24.0 Å². The number of carbonyl (C=O) groups is 3. The zero-order valence-corrected chi connectivity index (χ0v) is 20.4. The summed E-state index contributed by atoms with van der Waals surface area (Å²) < 4.78 is 0. The summed E-state index contributed by atoms with van der Waals surface area (Å²) >= 11 is 1.59.